The number of pyridine rings is 1. The highest BCUT2D eigenvalue weighted by atomic mass is 16.1. The molecule has 0 saturated heterocycles. The molecule has 2 aromatic rings. The normalized spacial score (nSPS) is 11.4. The van der Waals surface area contributed by atoms with Gasteiger partial charge in [0.05, 0.1) is 0 Å². The second-order valence-electron chi connectivity index (χ2n) is 6.44. The van der Waals surface area contributed by atoms with Crippen molar-refractivity contribution in [1.82, 2.24) is 4.98 Å². The molecule has 1 heterocycles. The fourth-order valence-corrected chi connectivity index (χ4v) is 2.23. The van der Waals surface area contributed by atoms with Gasteiger partial charge in [0.2, 0.25) is 0 Å². The molecule has 0 N–H and O–H groups in total. The lowest BCUT2D eigenvalue weighted by Crippen LogP contribution is -2.10. The molecule has 0 aliphatic rings. The number of aromatic nitrogens is 1. The van der Waals surface area contributed by atoms with Gasteiger partial charge in [-0.1, -0.05) is 52.0 Å². The van der Waals surface area contributed by atoms with Gasteiger partial charge in [0.15, 0.2) is 5.78 Å². The van der Waals surface area contributed by atoms with E-state index in [0.717, 1.165) is 12.1 Å². The molecule has 1 aromatic carbocycles. The zero-order valence-electron chi connectivity index (χ0n) is 13.3. The molecule has 0 fully saturated rings. The summed E-state index contributed by atoms with van der Waals surface area (Å²) in [5.74, 6) is 0.142. The predicted octanol–water partition coefficient (Wildman–Crippen LogP) is 4.56. The number of Topliss-reactive ketones (excluding diaryl/α,β-unsaturated/α-hetero) is 1. The molecule has 0 amide bonds. The molecule has 0 aliphatic heterocycles. The van der Waals surface area contributed by atoms with Gasteiger partial charge in [-0.3, -0.25) is 9.78 Å². The monoisotopic (exact) mass is 281 g/mol. The Hall–Kier alpha value is -1.96. The minimum absolute atomic E-state index is 0.142. The zero-order chi connectivity index (χ0) is 15.5. The molecular formula is C19H23NO. The molecule has 21 heavy (non-hydrogen) atoms. The van der Waals surface area contributed by atoms with Gasteiger partial charge in [-0.05, 0) is 28.7 Å². The molecular weight excluding hydrogens is 258 g/mol. The van der Waals surface area contributed by atoms with Crippen molar-refractivity contribution in [1.29, 1.82) is 0 Å². The summed E-state index contributed by atoms with van der Waals surface area (Å²) in [6.45, 7) is 8.51. The van der Waals surface area contributed by atoms with Crippen LogP contribution in [-0.2, 0) is 11.8 Å². The molecule has 0 spiro atoms. The first-order chi connectivity index (χ1) is 9.90. The minimum Gasteiger partial charge on any atom is -0.294 e. The van der Waals surface area contributed by atoms with Crippen molar-refractivity contribution in [3.63, 3.8) is 0 Å². The number of hydrogen-bond acceptors (Lipinski definition) is 2. The van der Waals surface area contributed by atoms with Crippen LogP contribution in [0, 0.1) is 0 Å². The molecule has 1 aromatic heterocycles. The molecule has 2 nitrogen and oxygen atoms in total. The first-order valence-electron chi connectivity index (χ1n) is 7.47. The van der Waals surface area contributed by atoms with E-state index in [2.05, 4.69) is 50.0 Å². The number of carbonyl (C=O) groups excluding carboxylic acids is 1. The third kappa shape index (κ3) is 4.01. The molecule has 0 aliphatic carbocycles. The van der Waals surface area contributed by atoms with Crippen molar-refractivity contribution in [2.75, 3.05) is 0 Å². The number of nitrogens with zero attached hydrogens (tertiary/aromatic N) is 1. The summed E-state index contributed by atoms with van der Waals surface area (Å²) < 4.78 is 0. The molecule has 0 atom stereocenters. The van der Waals surface area contributed by atoms with Gasteiger partial charge in [-0.2, -0.15) is 0 Å². The summed E-state index contributed by atoms with van der Waals surface area (Å²) in [6.07, 6.45) is 3.00. The maximum atomic E-state index is 11.6. The van der Waals surface area contributed by atoms with Gasteiger partial charge in [0.25, 0.3) is 0 Å². The second-order valence-corrected chi connectivity index (χ2v) is 6.44. The van der Waals surface area contributed by atoms with Gasteiger partial charge >= 0.3 is 0 Å². The maximum Gasteiger partial charge on any atom is 0.164 e. The quantitative estimate of drug-likeness (QED) is 0.769. The zero-order valence-corrected chi connectivity index (χ0v) is 13.3. The largest absolute Gasteiger partial charge is 0.294 e. The third-order valence-electron chi connectivity index (χ3n) is 3.67. The highest BCUT2D eigenvalue weighted by Gasteiger charge is 2.13. The van der Waals surface area contributed by atoms with Crippen molar-refractivity contribution in [2.45, 2.75) is 46.0 Å². The Morgan fingerprint density at radius 3 is 2.19 bits per heavy atom. The summed E-state index contributed by atoms with van der Waals surface area (Å²) in [5.41, 5.74) is 4.45. The topological polar surface area (TPSA) is 30.0 Å². The Morgan fingerprint density at radius 2 is 1.71 bits per heavy atom. The van der Waals surface area contributed by atoms with Crippen LogP contribution < -0.4 is 0 Å². The summed E-state index contributed by atoms with van der Waals surface area (Å²) in [6, 6.07) is 12.5. The Morgan fingerprint density at radius 1 is 1.05 bits per heavy atom. The van der Waals surface area contributed by atoms with E-state index in [9.17, 15) is 4.79 Å². The highest BCUT2D eigenvalue weighted by Crippen LogP contribution is 2.22. The van der Waals surface area contributed by atoms with Crippen LogP contribution in [0.3, 0.4) is 0 Å². The first kappa shape index (κ1) is 15.4. The lowest BCUT2D eigenvalue weighted by molar-refractivity contribution is 0.0988. The van der Waals surface area contributed by atoms with Crippen LogP contribution in [0.1, 0.15) is 61.3 Å². The molecule has 0 saturated carbocycles. The number of carbonyl (C=O) groups is 1. The molecule has 2 rings (SSSR count). The van der Waals surface area contributed by atoms with Crippen LogP contribution in [0.15, 0.2) is 42.6 Å². The minimum atomic E-state index is 0.142. The highest BCUT2D eigenvalue weighted by molar-refractivity contribution is 5.95. The standard InChI is InChI=1S/C19H23NO/c1-5-18(21)15-8-11-17(20-13-15)12-14-6-9-16(10-7-14)19(2,3)4/h6-11,13H,5,12H2,1-4H3. The van der Waals surface area contributed by atoms with E-state index in [-0.39, 0.29) is 11.2 Å². The third-order valence-corrected chi connectivity index (χ3v) is 3.67. The second kappa shape index (κ2) is 6.21. The fourth-order valence-electron chi connectivity index (χ4n) is 2.23. The Balaban J connectivity index is 2.10. The van der Waals surface area contributed by atoms with Gasteiger partial charge < -0.3 is 0 Å². The molecule has 110 valence electrons. The average molecular weight is 281 g/mol. The lowest BCUT2D eigenvalue weighted by Gasteiger charge is -2.19. The van der Waals surface area contributed by atoms with E-state index in [0.29, 0.717) is 12.0 Å². The van der Waals surface area contributed by atoms with Gasteiger partial charge in [0.1, 0.15) is 0 Å². The van der Waals surface area contributed by atoms with Crippen molar-refractivity contribution in [2.24, 2.45) is 0 Å². The molecule has 2 heteroatoms. The van der Waals surface area contributed by atoms with Crippen molar-refractivity contribution < 1.29 is 4.79 Å². The van der Waals surface area contributed by atoms with E-state index in [1.807, 2.05) is 19.1 Å². The molecule has 0 unspecified atom stereocenters. The predicted molar refractivity (Wildman–Crippen MR) is 86.8 cm³/mol. The Bertz CT molecular complexity index is 604. The first-order valence-corrected chi connectivity index (χ1v) is 7.47. The van der Waals surface area contributed by atoms with Crippen molar-refractivity contribution in [3.05, 3.63) is 65.0 Å². The maximum absolute atomic E-state index is 11.6. The number of rotatable bonds is 4. The summed E-state index contributed by atoms with van der Waals surface area (Å²) in [4.78, 5) is 16.0. The van der Waals surface area contributed by atoms with E-state index < -0.39 is 0 Å². The smallest absolute Gasteiger partial charge is 0.164 e. The van der Waals surface area contributed by atoms with E-state index >= 15 is 0 Å². The van der Waals surface area contributed by atoms with Gasteiger partial charge in [-0.15, -0.1) is 0 Å². The number of ketones is 1. The summed E-state index contributed by atoms with van der Waals surface area (Å²) >= 11 is 0. The van der Waals surface area contributed by atoms with Crippen molar-refractivity contribution >= 4 is 5.78 Å². The molecule has 0 radical (unpaired) electrons. The Kier molecular flexibility index (Phi) is 4.56. The van der Waals surface area contributed by atoms with Gasteiger partial charge in [0, 0.05) is 30.3 Å². The van der Waals surface area contributed by atoms with Crippen LogP contribution in [0.2, 0.25) is 0 Å². The fraction of sp³-hybridized carbons (Fsp3) is 0.368. The summed E-state index contributed by atoms with van der Waals surface area (Å²) in [5, 5.41) is 0. The van der Waals surface area contributed by atoms with Crippen LogP contribution in [0.5, 0.6) is 0 Å². The average Bonchev–Trinajstić information content (AvgIpc) is 2.47. The van der Waals surface area contributed by atoms with E-state index in [1.54, 1.807) is 6.20 Å². The van der Waals surface area contributed by atoms with E-state index in [4.69, 9.17) is 0 Å². The van der Waals surface area contributed by atoms with Gasteiger partial charge in [-0.25, -0.2) is 0 Å². The number of benzene rings is 1. The molecule has 0 bridgehead atoms. The van der Waals surface area contributed by atoms with E-state index in [1.165, 1.54) is 11.1 Å². The van der Waals surface area contributed by atoms with Crippen LogP contribution in [0.25, 0.3) is 0 Å². The summed E-state index contributed by atoms with van der Waals surface area (Å²) in [7, 11) is 0. The van der Waals surface area contributed by atoms with Crippen molar-refractivity contribution in [3.8, 4) is 0 Å². The SMILES string of the molecule is CCC(=O)c1ccc(Cc2ccc(C(C)(C)C)cc2)nc1. The Labute approximate surface area is 127 Å². The van der Waals surface area contributed by atoms with Crippen LogP contribution in [0.4, 0.5) is 0 Å². The van der Waals surface area contributed by atoms with Crippen LogP contribution in [-0.4, -0.2) is 10.8 Å². The lowest BCUT2D eigenvalue weighted by atomic mass is 9.86. The van der Waals surface area contributed by atoms with Crippen LogP contribution >= 0.6 is 0 Å². The number of hydrogen-bond donors (Lipinski definition) is 0.